The van der Waals surface area contributed by atoms with Crippen LogP contribution in [0.3, 0.4) is 0 Å². The first-order valence-electron chi connectivity index (χ1n) is 9.64. The fourth-order valence-corrected chi connectivity index (χ4v) is 4.28. The van der Waals surface area contributed by atoms with Crippen LogP contribution in [0.5, 0.6) is 0 Å². The Kier molecular flexibility index (Phi) is 6.02. The molecule has 1 fully saturated rings. The van der Waals surface area contributed by atoms with Gasteiger partial charge in [0, 0.05) is 17.6 Å². The van der Waals surface area contributed by atoms with Gasteiger partial charge < -0.3 is 0 Å². The summed E-state index contributed by atoms with van der Waals surface area (Å²) in [6, 6.07) is 13.0. The van der Waals surface area contributed by atoms with E-state index in [-0.39, 0.29) is 28.4 Å². The molecule has 1 aromatic carbocycles. The molecule has 2 aromatic heterocycles. The van der Waals surface area contributed by atoms with Crippen molar-refractivity contribution in [1.29, 1.82) is 0 Å². The van der Waals surface area contributed by atoms with E-state index in [1.807, 2.05) is 31.2 Å². The summed E-state index contributed by atoms with van der Waals surface area (Å²) in [5.74, 6) is -1.26. The summed E-state index contributed by atoms with van der Waals surface area (Å²) in [5, 5.41) is 2.88. The number of pyridine rings is 1. The predicted molar refractivity (Wildman–Crippen MR) is 127 cm³/mol. The van der Waals surface area contributed by atoms with E-state index in [0.717, 1.165) is 10.5 Å². The van der Waals surface area contributed by atoms with Gasteiger partial charge in [-0.15, -0.1) is 6.58 Å². The molecule has 0 radical (unpaired) electrons. The molecule has 7 nitrogen and oxygen atoms in total. The number of fused-ring (bicyclic) bond motifs is 1. The van der Waals surface area contributed by atoms with Gasteiger partial charge >= 0.3 is 0 Å². The largest absolute Gasteiger partial charge is 0.298 e. The van der Waals surface area contributed by atoms with E-state index < -0.39 is 11.8 Å². The zero-order valence-corrected chi connectivity index (χ0v) is 18.7. The maximum absolute atomic E-state index is 13.3. The molecule has 0 bridgehead atoms. The smallest absolute Gasteiger partial charge is 0.266 e. The second kappa shape index (κ2) is 8.89. The molecular weight excluding hydrogens is 444 g/mol. The standard InChI is InChI=1S/C23H18N4O3S2/c1-3-11-27-21(29)16(19(28)25-23(27)31)13-17-20(32-15-9-7-14(2)8-10-15)24-18-6-4-5-12-26(18)22(17)30/h3-10,12-13H,1,11H2,2H3,(H,25,28,31). The van der Waals surface area contributed by atoms with Crippen LogP contribution < -0.4 is 10.9 Å². The number of thiocarbonyl (C=S) groups is 1. The highest BCUT2D eigenvalue weighted by Gasteiger charge is 2.33. The summed E-state index contributed by atoms with van der Waals surface area (Å²) < 4.78 is 1.38. The zero-order valence-electron chi connectivity index (χ0n) is 17.1. The van der Waals surface area contributed by atoms with Crippen LogP contribution >= 0.6 is 24.0 Å². The first-order chi connectivity index (χ1) is 15.4. The van der Waals surface area contributed by atoms with Gasteiger partial charge in [-0.25, -0.2) is 4.98 Å². The lowest BCUT2D eigenvalue weighted by atomic mass is 10.1. The molecule has 1 N–H and O–H groups in total. The average molecular weight is 463 g/mol. The SMILES string of the molecule is C=CCN1C(=O)C(=Cc2c(Sc3ccc(C)cc3)nc3ccccn3c2=O)C(=O)NC1=S. The highest BCUT2D eigenvalue weighted by molar-refractivity contribution is 7.99. The number of nitrogens with one attached hydrogen (secondary N) is 1. The molecule has 0 spiro atoms. The predicted octanol–water partition coefficient (Wildman–Crippen LogP) is 2.97. The van der Waals surface area contributed by atoms with E-state index in [4.69, 9.17) is 12.2 Å². The van der Waals surface area contributed by atoms with E-state index >= 15 is 0 Å². The second-order valence-electron chi connectivity index (χ2n) is 7.00. The van der Waals surface area contributed by atoms with Gasteiger partial charge in [-0.05, 0) is 49.5 Å². The number of nitrogens with zero attached hydrogens (tertiary/aromatic N) is 3. The van der Waals surface area contributed by atoms with Gasteiger partial charge in [0.1, 0.15) is 16.2 Å². The van der Waals surface area contributed by atoms with Gasteiger partial charge in [0.15, 0.2) is 5.11 Å². The van der Waals surface area contributed by atoms with Crippen LogP contribution in [-0.4, -0.2) is 37.8 Å². The van der Waals surface area contributed by atoms with E-state index in [1.165, 1.54) is 33.2 Å². The van der Waals surface area contributed by atoms with Crippen molar-refractivity contribution in [2.24, 2.45) is 0 Å². The Morgan fingerprint density at radius 2 is 1.91 bits per heavy atom. The van der Waals surface area contributed by atoms with Crippen molar-refractivity contribution in [2.45, 2.75) is 16.8 Å². The lowest BCUT2D eigenvalue weighted by molar-refractivity contribution is -0.128. The maximum Gasteiger partial charge on any atom is 0.266 e. The van der Waals surface area contributed by atoms with E-state index in [2.05, 4.69) is 16.9 Å². The van der Waals surface area contributed by atoms with Crippen LogP contribution in [0.2, 0.25) is 0 Å². The van der Waals surface area contributed by atoms with Crippen molar-refractivity contribution in [1.82, 2.24) is 19.6 Å². The number of carbonyl (C=O) groups is 2. The topological polar surface area (TPSA) is 83.8 Å². The minimum Gasteiger partial charge on any atom is -0.298 e. The molecule has 3 heterocycles. The lowest BCUT2D eigenvalue weighted by Gasteiger charge is -2.27. The van der Waals surface area contributed by atoms with Crippen molar-refractivity contribution >= 4 is 52.6 Å². The molecule has 9 heteroatoms. The first-order valence-corrected chi connectivity index (χ1v) is 10.9. The molecule has 1 aliphatic rings. The van der Waals surface area contributed by atoms with Gasteiger partial charge in [0.2, 0.25) is 0 Å². The Morgan fingerprint density at radius 1 is 1.16 bits per heavy atom. The van der Waals surface area contributed by atoms with E-state index in [0.29, 0.717) is 10.7 Å². The minimum atomic E-state index is -0.663. The Hall–Kier alpha value is -3.56. The van der Waals surface area contributed by atoms with Crippen LogP contribution in [0.25, 0.3) is 11.7 Å². The minimum absolute atomic E-state index is 0.000313. The second-order valence-corrected chi connectivity index (χ2v) is 8.45. The molecule has 4 rings (SSSR count). The number of aromatic nitrogens is 2. The molecule has 0 unspecified atom stereocenters. The van der Waals surface area contributed by atoms with Crippen LogP contribution in [0.15, 0.2) is 81.6 Å². The number of aryl methyl sites for hydroxylation is 1. The normalized spacial score (nSPS) is 15.3. The molecule has 160 valence electrons. The molecule has 1 saturated heterocycles. The summed E-state index contributed by atoms with van der Waals surface area (Å²) in [6.45, 7) is 5.73. The summed E-state index contributed by atoms with van der Waals surface area (Å²) in [4.78, 5) is 45.6. The molecule has 0 saturated carbocycles. The van der Waals surface area contributed by atoms with Crippen molar-refractivity contribution in [3.05, 3.63) is 88.4 Å². The third-order valence-corrected chi connectivity index (χ3v) is 6.09. The van der Waals surface area contributed by atoms with Crippen molar-refractivity contribution < 1.29 is 9.59 Å². The third-order valence-electron chi connectivity index (χ3n) is 4.76. The van der Waals surface area contributed by atoms with Crippen molar-refractivity contribution in [3.8, 4) is 0 Å². The summed E-state index contributed by atoms with van der Waals surface area (Å²) in [7, 11) is 0. The van der Waals surface area contributed by atoms with Crippen LogP contribution in [0.1, 0.15) is 11.1 Å². The van der Waals surface area contributed by atoms with Crippen LogP contribution in [-0.2, 0) is 9.59 Å². The fraction of sp³-hybridized carbons (Fsp3) is 0.0870. The van der Waals surface area contributed by atoms with E-state index in [9.17, 15) is 14.4 Å². The molecule has 0 aliphatic carbocycles. The lowest BCUT2D eigenvalue weighted by Crippen LogP contribution is -2.53. The molecular formula is C23H18N4O3S2. The van der Waals surface area contributed by atoms with Crippen molar-refractivity contribution in [3.63, 3.8) is 0 Å². The quantitative estimate of drug-likeness (QED) is 0.206. The third kappa shape index (κ3) is 4.12. The monoisotopic (exact) mass is 462 g/mol. The Balaban J connectivity index is 1.89. The summed E-state index contributed by atoms with van der Waals surface area (Å²) in [6.07, 6.45) is 4.39. The number of carbonyl (C=O) groups excluding carboxylic acids is 2. The number of benzene rings is 1. The van der Waals surface area contributed by atoms with Gasteiger partial charge in [-0.2, -0.15) is 0 Å². The highest BCUT2D eigenvalue weighted by Crippen LogP contribution is 2.30. The number of rotatable bonds is 5. The van der Waals surface area contributed by atoms with Gasteiger partial charge in [-0.3, -0.25) is 29.0 Å². The van der Waals surface area contributed by atoms with Gasteiger partial charge in [0.05, 0.1) is 5.56 Å². The Morgan fingerprint density at radius 3 is 2.62 bits per heavy atom. The highest BCUT2D eigenvalue weighted by atomic mass is 32.2. The Bertz CT molecular complexity index is 1360. The van der Waals surface area contributed by atoms with Gasteiger partial charge in [0.25, 0.3) is 17.4 Å². The van der Waals surface area contributed by atoms with E-state index in [1.54, 1.807) is 24.4 Å². The molecule has 32 heavy (non-hydrogen) atoms. The van der Waals surface area contributed by atoms with Crippen LogP contribution in [0, 0.1) is 6.92 Å². The fourth-order valence-electron chi connectivity index (χ4n) is 3.13. The molecule has 2 amide bonds. The van der Waals surface area contributed by atoms with Crippen LogP contribution in [0.4, 0.5) is 0 Å². The van der Waals surface area contributed by atoms with Crippen molar-refractivity contribution in [2.75, 3.05) is 6.54 Å². The zero-order chi connectivity index (χ0) is 22.8. The van der Waals surface area contributed by atoms with Gasteiger partial charge in [-0.1, -0.05) is 41.6 Å². The molecule has 0 atom stereocenters. The number of hydrogen-bond acceptors (Lipinski definition) is 6. The Labute approximate surface area is 193 Å². The summed E-state index contributed by atoms with van der Waals surface area (Å²) >= 11 is 6.38. The number of amides is 2. The summed E-state index contributed by atoms with van der Waals surface area (Å²) in [5.41, 5.74) is 1.13. The maximum atomic E-state index is 13.3. The average Bonchev–Trinajstić information content (AvgIpc) is 2.77. The molecule has 3 aromatic rings. The number of hydrogen-bond donors (Lipinski definition) is 1. The molecule has 1 aliphatic heterocycles. The first kappa shape index (κ1) is 21.7.